The van der Waals surface area contributed by atoms with Crippen molar-refractivity contribution in [1.82, 2.24) is 15.5 Å². The van der Waals surface area contributed by atoms with Gasteiger partial charge in [0.2, 0.25) is 11.7 Å². The first-order valence-corrected chi connectivity index (χ1v) is 5.38. The Morgan fingerprint density at radius 3 is 3.06 bits per heavy atom. The first-order chi connectivity index (χ1) is 7.79. The van der Waals surface area contributed by atoms with E-state index in [0.717, 1.165) is 18.5 Å². The Morgan fingerprint density at radius 1 is 1.50 bits per heavy atom. The zero-order chi connectivity index (χ0) is 11.4. The topological polar surface area (TPSA) is 64.1 Å². The van der Waals surface area contributed by atoms with Gasteiger partial charge in [-0.25, -0.2) is 0 Å². The SMILES string of the molecule is CCNC(C)Cc1nc(-c2ccoc2)no1. The van der Waals surface area contributed by atoms with Gasteiger partial charge in [0.05, 0.1) is 11.8 Å². The first-order valence-electron chi connectivity index (χ1n) is 5.38. The third kappa shape index (κ3) is 2.49. The van der Waals surface area contributed by atoms with E-state index < -0.39 is 0 Å². The second-order valence-electron chi connectivity index (χ2n) is 3.69. The fourth-order valence-corrected chi connectivity index (χ4v) is 1.53. The van der Waals surface area contributed by atoms with E-state index in [1.165, 1.54) is 0 Å². The van der Waals surface area contributed by atoms with Crippen LogP contribution in [0.4, 0.5) is 0 Å². The number of nitrogens with zero attached hydrogens (tertiary/aromatic N) is 2. The highest BCUT2D eigenvalue weighted by Gasteiger charge is 2.11. The summed E-state index contributed by atoms with van der Waals surface area (Å²) in [4.78, 5) is 4.30. The van der Waals surface area contributed by atoms with Crippen LogP contribution in [-0.2, 0) is 6.42 Å². The van der Waals surface area contributed by atoms with Crippen LogP contribution in [-0.4, -0.2) is 22.7 Å². The molecule has 2 aromatic rings. The molecule has 2 heterocycles. The number of hydrogen-bond acceptors (Lipinski definition) is 5. The maximum Gasteiger partial charge on any atom is 0.228 e. The molecular formula is C11H15N3O2. The maximum atomic E-state index is 5.16. The van der Waals surface area contributed by atoms with Crippen molar-refractivity contribution in [2.45, 2.75) is 26.3 Å². The van der Waals surface area contributed by atoms with Crippen molar-refractivity contribution in [3.05, 3.63) is 24.5 Å². The van der Waals surface area contributed by atoms with Gasteiger partial charge >= 0.3 is 0 Å². The molecule has 0 aliphatic heterocycles. The lowest BCUT2D eigenvalue weighted by atomic mass is 10.2. The zero-order valence-electron chi connectivity index (χ0n) is 9.43. The van der Waals surface area contributed by atoms with Gasteiger partial charge in [0.25, 0.3) is 0 Å². The minimum absolute atomic E-state index is 0.336. The third-order valence-electron chi connectivity index (χ3n) is 2.28. The van der Waals surface area contributed by atoms with Crippen LogP contribution in [0.2, 0.25) is 0 Å². The van der Waals surface area contributed by atoms with Gasteiger partial charge in [-0.1, -0.05) is 12.1 Å². The second-order valence-corrected chi connectivity index (χ2v) is 3.69. The Hall–Kier alpha value is -1.62. The molecule has 86 valence electrons. The molecule has 5 heteroatoms. The molecule has 0 fully saturated rings. The molecule has 0 radical (unpaired) electrons. The summed E-state index contributed by atoms with van der Waals surface area (Å²) < 4.78 is 10.1. The van der Waals surface area contributed by atoms with Crippen LogP contribution in [0.3, 0.4) is 0 Å². The fourth-order valence-electron chi connectivity index (χ4n) is 1.53. The van der Waals surface area contributed by atoms with E-state index in [4.69, 9.17) is 8.94 Å². The lowest BCUT2D eigenvalue weighted by Crippen LogP contribution is -2.27. The van der Waals surface area contributed by atoms with Crippen molar-refractivity contribution in [3.8, 4) is 11.4 Å². The van der Waals surface area contributed by atoms with Crippen molar-refractivity contribution in [2.24, 2.45) is 0 Å². The highest BCUT2D eigenvalue weighted by molar-refractivity contribution is 5.51. The number of furan rings is 1. The van der Waals surface area contributed by atoms with Gasteiger partial charge < -0.3 is 14.3 Å². The van der Waals surface area contributed by atoms with Crippen LogP contribution in [0.5, 0.6) is 0 Å². The van der Waals surface area contributed by atoms with Gasteiger partial charge in [0.15, 0.2) is 0 Å². The van der Waals surface area contributed by atoms with E-state index >= 15 is 0 Å². The Morgan fingerprint density at radius 2 is 2.38 bits per heavy atom. The van der Waals surface area contributed by atoms with Crippen molar-refractivity contribution < 1.29 is 8.94 Å². The summed E-state index contributed by atoms with van der Waals surface area (Å²) in [7, 11) is 0. The van der Waals surface area contributed by atoms with E-state index in [1.807, 2.05) is 6.07 Å². The van der Waals surface area contributed by atoms with Crippen LogP contribution in [0.15, 0.2) is 27.5 Å². The second kappa shape index (κ2) is 4.94. The predicted molar refractivity (Wildman–Crippen MR) is 58.8 cm³/mol. The molecule has 1 unspecified atom stereocenters. The van der Waals surface area contributed by atoms with Crippen LogP contribution in [0, 0.1) is 0 Å². The molecular weight excluding hydrogens is 206 g/mol. The highest BCUT2D eigenvalue weighted by Crippen LogP contribution is 2.16. The summed E-state index contributed by atoms with van der Waals surface area (Å²) in [5.41, 5.74) is 0.839. The Bertz CT molecular complexity index is 422. The standard InChI is InChI=1S/C11H15N3O2/c1-3-12-8(2)6-10-13-11(14-16-10)9-4-5-15-7-9/h4-5,7-8,12H,3,6H2,1-2H3. The molecule has 0 amide bonds. The lowest BCUT2D eigenvalue weighted by molar-refractivity contribution is 0.363. The van der Waals surface area contributed by atoms with Crippen LogP contribution >= 0.6 is 0 Å². The van der Waals surface area contributed by atoms with E-state index in [-0.39, 0.29) is 0 Å². The molecule has 0 saturated heterocycles. The summed E-state index contributed by atoms with van der Waals surface area (Å²) >= 11 is 0. The molecule has 5 nitrogen and oxygen atoms in total. The van der Waals surface area contributed by atoms with E-state index in [2.05, 4.69) is 29.3 Å². The number of nitrogens with one attached hydrogen (secondary N) is 1. The van der Waals surface area contributed by atoms with Crippen molar-refractivity contribution in [1.29, 1.82) is 0 Å². The Balaban J connectivity index is 2.03. The number of rotatable bonds is 5. The summed E-state index contributed by atoms with van der Waals surface area (Å²) in [6.45, 7) is 5.09. The molecule has 0 saturated carbocycles. The van der Waals surface area contributed by atoms with Gasteiger partial charge in [-0.3, -0.25) is 0 Å². The van der Waals surface area contributed by atoms with Gasteiger partial charge in [-0.2, -0.15) is 4.98 Å². The molecule has 0 aliphatic carbocycles. The average molecular weight is 221 g/mol. The molecule has 2 aromatic heterocycles. The zero-order valence-corrected chi connectivity index (χ0v) is 9.43. The number of hydrogen-bond donors (Lipinski definition) is 1. The van der Waals surface area contributed by atoms with Crippen molar-refractivity contribution >= 4 is 0 Å². The first kappa shape index (κ1) is 10.9. The maximum absolute atomic E-state index is 5.16. The quantitative estimate of drug-likeness (QED) is 0.835. The van der Waals surface area contributed by atoms with E-state index in [9.17, 15) is 0 Å². The molecule has 1 N–H and O–H groups in total. The molecule has 0 aliphatic rings. The fraction of sp³-hybridized carbons (Fsp3) is 0.455. The Labute approximate surface area is 93.8 Å². The van der Waals surface area contributed by atoms with Crippen molar-refractivity contribution in [2.75, 3.05) is 6.54 Å². The van der Waals surface area contributed by atoms with Crippen molar-refractivity contribution in [3.63, 3.8) is 0 Å². The number of likely N-dealkylation sites (N-methyl/N-ethyl adjacent to an activating group) is 1. The molecule has 0 bridgehead atoms. The van der Waals surface area contributed by atoms with Crippen LogP contribution in [0.25, 0.3) is 11.4 Å². The summed E-state index contributed by atoms with van der Waals surface area (Å²) in [6, 6.07) is 2.14. The van der Waals surface area contributed by atoms with Gasteiger partial charge in [-0.15, -0.1) is 0 Å². The Kier molecular flexibility index (Phi) is 3.36. The monoisotopic (exact) mass is 221 g/mol. The highest BCUT2D eigenvalue weighted by atomic mass is 16.5. The molecule has 1 atom stereocenters. The average Bonchev–Trinajstić information content (AvgIpc) is 2.86. The van der Waals surface area contributed by atoms with E-state index in [0.29, 0.717) is 17.8 Å². The number of aromatic nitrogens is 2. The molecule has 2 rings (SSSR count). The summed E-state index contributed by atoms with van der Waals surface area (Å²) in [5.74, 6) is 1.22. The largest absolute Gasteiger partial charge is 0.472 e. The third-order valence-corrected chi connectivity index (χ3v) is 2.28. The smallest absolute Gasteiger partial charge is 0.228 e. The molecule has 0 spiro atoms. The van der Waals surface area contributed by atoms with E-state index in [1.54, 1.807) is 12.5 Å². The molecule has 0 aromatic carbocycles. The minimum Gasteiger partial charge on any atom is -0.472 e. The molecule has 16 heavy (non-hydrogen) atoms. The van der Waals surface area contributed by atoms with Gasteiger partial charge in [-0.05, 0) is 19.5 Å². The van der Waals surface area contributed by atoms with Gasteiger partial charge in [0, 0.05) is 12.5 Å². The van der Waals surface area contributed by atoms with Gasteiger partial charge in [0.1, 0.15) is 6.26 Å². The lowest BCUT2D eigenvalue weighted by Gasteiger charge is -2.07. The van der Waals surface area contributed by atoms with Crippen LogP contribution < -0.4 is 5.32 Å². The summed E-state index contributed by atoms with van der Waals surface area (Å²) in [5, 5.41) is 7.19. The summed E-state index contributed by atoms with van der Waals surface area (Å²) in [6.07, 6.45) is 3.92. The normalized spacial score (nSPS) is 12.9. The predicted octanol–water partition coefficient (Wildman–Crippen LogP) is 1.87. The van der Waals surface area contributed by atoms with Crippen LogP contribution in [0.1, 0.15) is 19.7 Å². The minimum atomic E-state index is 0.336.